The highest BCUT2D eigenvalue weighted by molar-refractivity contribution is 5.89. The van der Waals surface area contributed by atoms with Crippen molar-refractivity contribution >= 4 is 10.9 Å². The zero-order valence-corrected chi connectivity index (χ0v) is 12.3. The smallest absolute Gasteiger partial charge is 0.145 e. The van der Waals surface area contributed by atoms with Crippen molar-refractivity contribution in [1.29, 1.82) is 0 Å². The van der Waals surface area contributed by atoms with E-state index in [2.05, 4.69) is 18.0 Å². The molecule has 0 saturated carbocycles. The molecule has 2 heterocycles. The summed E-state index contributed by atoms with van der Waals surface area (Å²) in [6, 6.07) is 6.06. The number of hydrogen-bond acceptors (Lipinski definition) is 4. The van der Waals surface area contributed by atoms with E-state index in [0.29, 0.717) is 0 Å². The molecule has 0 saturated heterocycles. The van der Waals surface area contributed by atoms with Crippen LogP contribution in [-0.2, 0) is 13.0 Å². The van der Waals surface area contributed by atoms with Gasteiger partial charge < -0.3 is 15.4 Å². The van der Waals surface area contributed by atoms with Crippen LogP contribution in [0.3, 0.4) is 0 Å². The molecule has 1 atom stereocenters. The number of para-hydroxylation sites is 1. The minimum atomic E-state index is -0.00661. The third-order valence-corrected chi connectivity index (χ3v) is 4.04. The number of pyridine rings is 1. The summed E-state index contributed by atoms with van der Waals surface area (Å²) in [5, 5.41) is 1.12. The Morgan fingerprint density at radius 3 is 2.90 bits per heavy atom. The Kier molecular flexibility index (Phi) is 3.36. The van der Waals surface area contributed by atoms with Gasteiger partial charge in [0, 0.05) is 36.6 Å². The van der Waals surface area contributed by atoms with Gasteiger partial charge in [-0.3, -0.25) is 0 Å². The van der Waals surface area contributed by atoms with Crippen LogP contribution < -0.4 is 10.5 Å². The van der Waals surface area contributed by atoms with Crippen LogP contribution in [0.4, 0.5) is 0 Å². The van der Waals surface area contributed by atoms with E-state index in [1.54, 1.807) is 7.11 Å². The molecule has 1 aromatic carbocycles. The predicted molar refractivity (Wildman–Crippen MR) is 80.9 cm³/mol. The largest absolute Gasteiger partial charge is 0.494 e. The predicted octanol–water partition coefficient (Wildman–Crippen LogP) is 2.25. The quantitative estimate of drug-likeness (QED) is 0.910. The summed E-state index contributed by atoms with van der Waals surface area (Å²) in [5.74, 6) is 0.825. The molecule has 0 spiro atoms. The van der Waals surface area contributed by atoms with E-state index in [4.69, 9.17) is 15.5 Å². The summed E-state index contributed by atoms with van der Waals surface area (Å²) in [4.78, 5) is 7.18. The lowest BCUT2D eigenvalue weighted by Gasteiger charge is -2.28. The summed E-state index contributed by atoms with van der Waals surface area (Å²) in [6.07, 6.45) is 0.972. The maximum atomic E-state index is 6.25. The Hall–Kier alpha value is -1.65. The van der Waals surface area contributed by atoms with E-state index in [-0.39, 0.29) is 6.04 Å². The topological polar surface area (TPSA) is 51.4 Å². The number of likely N-dealkylation sites (N-methyl/N-ethyl adjacent to an activating group) is 1. The molecule has 1 unspecified atom stereocenters. The molecule has 106 valence electrons. The zero-order valence-electron chi connectivity index (χ0n) is 12.3. The van der Waals surface area contributed by atoms with Crippen molar-refractivity contribution in [3.63, 3.8) is 0 Å². The Morgan fingerprint density at radius 2 is 2.20 bits per heavy atom. The molecule has 0 radical (unpaired) electrons. The van der Waals surface area contributed by atoms with Crippen LogP contribution in [0.25, 0.3) is 10.9 Å². The number of benzene rings is 1. The molecule has 1 aliphatic heterocycles. The van der Waals surface area contributed by atoms with E-state index in [1.807, 2.05) is 19.1 Å². The Morgan fingerprint density at radius 1 is 1.40 bits per heavy atom. The molecule has 0 aliphatic carbocycles. The Balaban J connectivity index is 2.35. The number of rotatable bonds is 2. The number of methoxy groups -OCH3 is 1. The third kappa shape index (κ3) is 2.05. The highest BCUT2D eigenvalue weighted by Crippen LogP contribution is 2.34. The van der Waals surface area contributed by atoms with Crippen LogP contribution in [0.15, 0.2) is 18.2 Å². The van der Waals surface area contributed by atoms with Crippen molar-refractivity contribution < 1.29 is 4.74 Å². The fraction of sp³-hybridized carbons (Fsp3) is 0.438. The summed E-state index contributed by atoms with van der Waals surface area (Å²) in [6.45, 7) is 4.01. The van der Waals surface area contributed by atoms with Crippen LogP contribution in [0.2, 0.25) is 0 Å². The first kappa shape index (κ1) is 13.3. The van der Waals surface area contributed by atoms with Crippen molar-refractivity contribution in [2.24, 2.45) is 5.73 Å². The second kappa shape index (κ2) is 5.04. The molecule has 20 heavy (non-hydrogen) atoms. The molecule has 1 aliphatic rings. The lowest BCUT2D eigenvalue weighted by molar-refractivity contribution is 0.308. The van der Waals surface area contributed by atoms with Gasteiger partial charge in [0.15, 0.2) is 0 Å². The van der Waals surface area contributed by atoms with E-state index >= 15 is 0 Å². The summed E-state index contributed by atoms with van der Waals surface area (Å²) >= 11 is 0. The van der Waals surface area contributed by atoms with Gasteiger partial charge in [-0.1, -0.05) is 12.1 Å². The van der Waals surface area contributed by atoms with Crippen LogP contribution in [0.5, 0.6) is 5.75 Å². The molecule has 0 amide bonds. The molecule has 2 N–H and O–H groups in total. The summed E-state index contributed by atoms with van der Waals surface area (Å²) in [5.41, 5.74) is 10.9. The highest BCUT2D eigenvalue weighted by atomic mass is 16.5. The molecule has 0 fully saturated rings. The first-order valence-corrected chi connectivity index (χ1v) is 7.04. The van der Waals surface area contributed by atoms with Crippen molar-refractivity contribution in [3.8, 4) is 5.75 Å². The molecule has 2 aromatic rings. The van der Waals surface area contributed by atoms with Crippen LogP contribution in [0.1, 0.15) is 29.8 Å². The summed E-state index contributed by atoms with van der Waals surface area (Å²) in [7, 11) is 3.83. The molecular formula is C16H21N3O. The SMILES string of the molecule is COc1cccc2c(C(C)N)c3c(nc12)CCN(C)C3. The fourth-order valence-corrected chi connectivity index (χ4v) is 3.09. The molecule has 3 rings (SSSR count). The van der Waals surface area contributed by atoms with Gasteiger partial charge in [0.2, 0.25) is 0 Å². The Bertz CT molecular complexity index is 652. The number of nitrogens with zero attached hydrogens (tertiary/aromatic N) is 2. The average molecular weight is 271 g/mol. The Labute approximate surface area is 119 Å². The lowest BCUT2D eigenvalue weighted by Crippen LogP contribution is -2.29. The van der Waals surface area contributed by atoms with Gasteiger partial charge in [0.1, 0.15) is 11.3 Å². The molecule has 1 aromatic heterocycles. The van der Waals surface area contributed by atoms with E-state index in [0.717, 1.165) is 36.2 Å². The first-order valence-electron chi connectivity index (χ1n) is 7.04. The standard InChI is InChI=1S/C16H21N3O/c1-10(17)15-11-5-4-6-14(20-3)16(11)18-13-7-8-19(2)9-12(13)15/h4-6,10H,7-9,17H2,1-3H3. The van der Waals surface area contributed by atoms with Crippen LogP contribution in [-0.4, -0.2) is 30.6 Å². The van der Waals surface area contributed by atoms with Gasteiger partial charge in [-0.05, 0) is 31.2 Å². The normalized spacial score (nSPS) is 17.0. The van der Waals surface area contributed by atoms with Gasteiger partial charge in [0.25, 0.3) is 0 Å². The maximum Gasteiger partial charge on any atom is 0.145 e. The minimum absolute atomic E-state index is 0.00661. The monoisotopic (exact) mass is 271 g/mol. The first-order chi connectivity index (χ1) is 9.61. The van der Waals surface area contributed by atoms with E-state index in [1.165, 1.54) is 16.8 Å². The number of fused-ring (bicyclic) bond motifs is 2. The highest BCUT2D eigenvalue weighted by Gasteiger charge is 2.23. The maximum absolute atomic E-state index is 6.25. The van der Waals surface area contributed by atoms with Gasteiger partial charge in [0.05, 0.1) is 7.11 Å². The van der Waals surface area contributed by atoms with Crippen LogP contribution in [0, 0.1) is 0 Å². The van der Waals surface area contributed by atoms with Gasteiger partial charge in [-0.2, -0.15) is 0 Å². The number of ether oxygens (including phenoxy) is 1. The lowest BCUT2D eigenvalue weighted by atomic mass is 9.92. The second-order valence-corrected chi connectivity index (χ2v) is 5.58. The minimum Gasteiger partial charge on any atom is -0.494 e. The average Bonchev–Trinajstić information content (AvgIpc) is 2.43. The van der Waals surface area contributed by atoms with Crippen molar-refractivity contribution in [1.82, 2.24) is 9.88 Å². The molecule has 4 heteroatoms. The van der Waals surface area contributed by atoms with Crippen LogP contribution >= 0.6 is 0 Å². The van der Waals surface area contributed by atoms with E-state index < -0.39 is 0 Å². The molecule has 4 nitrogen and oxygen atoms in total. The summed E-state index contributed by atoms with van der Waals surface area (Å²) < 4.78 is 5.46. The number of aromatic nitrogens is 1. The zero-order chi connectivity index (χ0) is 14.3. The van der Waals surface area contributed by atoms with Gasteiger partial charge >= 0.3 is 0 Å². The van der Waals surface area contributed by atoms with Crippen molar-refractivity contribution in [2.75, 3.05) is 20.7 Å². The number of hydrogen-bond donors (Lipinski definition) is 1. The molecule has 0 bridgehead atoms. The van der Waals surface area contributed by atoms with Crippen molar-refractivity contribution in [2.45, 2.75) is 25.9 Å². The van der Waals surface area contributed by atoms with Crippen molar-refractivity contribution in [3.05, 3.63) is 35.0 Å². The van der Waals surface area contributed by atoms with E-state index in [9.17, 15) is 0 Å². The molecular weight excluding hydrogens is 250 g/mol. The fourth-order valence-electron chi connectivity index (χ4n) is 3.09. The third-order valence-electron chi connectivity index (χ3n) is 4.04. The number of nitrogens with two attached hydrogens (primary N) is 1. The second-order valence-electron chi connectivity index (χ2n) is 5.58. The van der Waals surface area contributed by atoms with Gasteiger partial charge in [-0.25, -0.2) is 4.98 Å². The van der Waals surface area contributed by atoms with Gasteiger partial charge in [-0.15, -0.1) is 0 Å².